The summed E-state index contributed by atoms with van der Waals surface area (Å²) in [7, 11) is 2.11. The summed E-state index contributed by atoms with van der Waals surface area (Å²) in [4.78, 5) is 2.75. The maximum Gasteiger partial charge on any atom is 0.0192 e. The van der Waals surface area contributed by atoms with E-state index in [2.05, 4.69) is 24.2 Å². The van der Waals surface area contributed by atoms with E-state index in [1.165, 1.54) is 51.6 Å². The molecule has 0 radical (unpaired) electrons. The van der Waals surface area contributed by atoms with Crippen molar-refractivity contribution >= 4 is 0 Å². The molecule has 0 bridgehead atoms. The molecule has 2 rings (SSSR count). The molecule has 0 amide bonds. The molecule has 1 N–H and O–H groups in total. The molecule has 0 aromatic rings. The molecule has 15 heavy (non-hydrogen) atoms. The SMILES string of the molecule is CCC1CCC(N2CCCC(NC)C2)C1. The van der Waals surface area contributed by atoms with Gasteiger partial charge < -0.3 is 5.32 Å². The Kier molecular flexibility index (Phi) is 4.04. The maximum atomic E-state index is 3.44. The van der Waals surface area contributed by atoms with Crippen LogP contribution < -0.4 is 5.32 Å². The number of nitrogens with zero attached hydrogens (tertiary/aromatic N) is 1. The summed E-state index contributed by atoms with van der Waals surface area (Å²) >= 11 is 0. The van der Waals surface area contributed by atoms with Gasteiger partial charge in [0.2, 0.25) is 0 Å². The van der Waals surface area contributed by atoms with Crippen molar-refractivity contribution in [2.45, 2.75) is 57.5 Å². The highest BCUT2D eigenvalue weighted by atomic mass is 15.2. The second-order valence-corrected chi connectivity index (χ2v) is 5.36. The summed E-state index contributed by atoms with van der Waals surface area (Å²) in [5.41, 5.74) is 0. The molecule has 1 aliphatic heterocycles. The lowest BCUT2D eigenvalue weighted by atomic mass is 10.0. The molecule has 3 unspecified atom stereocenters. The molecule has 3 atom stereocenters. The van der Waals surface area contributed by atoms with Crippen LogP contribution in [0.3, 0.4) is 0 Å². The van der Waals surface area contributed by atoms with Gasteiger partial charge in [0, 0.05) is 18.6 Å². The summed E-state index contributed by atoms with van der Waals surface area (Å²) in [6, 6.07) is 1.66. The standard InChI is InChI=1S/C13H26N2/c1-3-11-6-7-13(9-11)15-8-4-5-12(10-15)14-2/h11-14H,3-10H2,1-2H3. The molecule has 0 spiro atoms. The molecule has 1 heterocycles. The second-order valence-electron chi connectivity index (χ2n) is 5.36. The van der Waals surface area contributed by atoms with E-state index in [0.29, 0.717) is 0 Å². The molecule has 0 aromatic carbocycles. The predicted octanol–water partition coefficient (Wildman–Crippen LogP) is 2.25. The topological polar surface area (TPSA) is 15.3 Å². The summed E-state index contributed by atoms with van der Waals surface area (Å²) < 4.78 is 0. The van der Waals surface area contributed by atoms with E-state index in [1.807, 2.05) is 0 Å². The molecule has 2 fully saturated rings. The summed E-state index contributed by atoms with van der Waals surface area (Å²) in [5.74, 6) is 1.02. The third-order valence-electron chi connectivity index (χ3n) is 4.47. The van der Waals surface area contributed by atoms with Crippen molar-refractivity contribution in [1.29, 1.82) is 0 Å². The number of nitrogens with one attached hydrogen (secondary N) is 1. The summed E-state index contributed by atoms with van der Waals surface area (Å²) in [6.45, 7) is 4.98. The van der Waals surface area contributed by atoms with Gasteiger partial charge in [0.25, 0.3) is 0 Å². The van der Waals surface area contributed by atoms with Gasteiger partial charge in [-0.1, -0.05) is 13.3 Å². The van der Waals surface area contributed by atoms with Crippen LogP contribution in [0.4, 0.5) is 0 Å². The van der Waals surface area contributed by atoms with Crippen LogP contribution in [-0.4, -0.2) is 37.1 Å². The van der Waals surface area contributed by atoms with E-state index in [1.54, 1.807) is 0 Å². The van der Waals surface area contributed by atoms with E-state index in [0.717, 1.165) is 18.0 Å². The minimum atomic E-state index is 0.749. The van der Waals surface area contributed by atoms with Crippen LogP contribution in [0.25, 0.3) is 0 Å². The van der Waals surface area contributed by atoms with Gasteiger partial charge in [-0.25, -0.2) is 0 Å². The van der Waals surface area contributed by atoms with Gasteiger partial charge in [0.1, 0.15) is 0 Å². The Bertz CT molecular complexity index is 193. The van der Waals surface area contributed by atoms with Crippen LogP contribution in [-0.2, 0) is 0 Å². The Balaban J connectivity index is 1.83. The fraction of sp³-hybridized carbons (Fsp3) is 1.00. The van der Waals surface area contributed by atoms with E-state index < -0.39 is 0 Å². The quantitative estimate of drug-likeness (QED) is 0.768. The van der Waals surface area contributed by atoms with Crippen molar-refractivity contribution < 1.29 is 0 Å². The Morgan fingerprint density at radius 2 is 2.13 bits per heavy atom. The third-order valence-corrected chi connectivity index (χ3v) is 4.47. The highest BCUT2D eigenvalue weighted by Crippen LogP contribution is 2.32. The molecule has 0 aromatic heterocycles. The Labute approximate surface area is 94.4 Å². The smallest absolute Gasteiger partial charge is 0.0192 e. The number of hydrogen-bond donors (Lipinski definition) is 1. The molecular formula is C13H26N2. The highest BCUT2D eigenvalue weighted by Gasteiger charge is 2.30. The zero-order valence-electron chi connectivity index (χ0n) is 10.3. The summed E-state index contributed by atoms with van der Waals surface area (Å²) in [5, 5.41) is 3.44. The van der Waals surface area contributed by atoms with Crippen molar-refractivity contribution in [1.82, 2.24) is 10.2 Å². The number of piperidine rings is 1. The van der Waals surface area contributed by atoms with E-state index >= 15 is 0 Å². The van der Waals surface area contributed by atoms with Gasteiger partial charge >= 0.3 is 0 Å². The van der Waals surface area contributed by atoms with Gasteiger partial charge in [-0.15, -0.1) is 0 Å². The second kappa shape index (κ2) is 5.31. The number of likely N-dealkylation sites (tertiary alicyclic amines) is 1. The lowest BCUT2D eigenvalue weighted by Crippen LogP contribution is -2.48. The van der Waals surface area contributed by atoms with Crippen molar-refractivity contribution in [2.75, 3.05) is 20.1 Å². The van der Waals surface area contributed by atoms with Gasteiger partial charge in [0.15, 0.2) is 0 Å². The van der Waals surface area contributed by atoms with Crippen LogP contribution in [0.15, 0.2) is 0 Å². The van der Waals surface area contributed by atoms with E-state index in [4.69, 9.17) is 0 Å². The monoisotopic (exact) mass is 210 g/mol. The van der Waals surface area contributed by atoms with Crippen molar-refractivity contribution in [3.05, 3.63) is 0 Å². The van der Waals surface area contributed by atoms with Crippen LogP contribution in [0.5, 0.6) is 0 Å². The van der Waals surface area contributed by atoms with Crippen molar-refractivity contribution in [2.24, 2.45) is 5.92 Å². The zero-order chi connectivity index (χ0) is 10.7. The first-order valence-electron chi connectivity index (χ1n) is 6.74. The largest absolute Gasteiger partial charge is 0.316 e. The van der Waals surface area contributed by atoms with Gasteiger partial charge in [-0.05, 0) is 51.6 Å². The first kappa shape index (κ1) is 11.4. The van der Waals surface area contributed by atoms with Gasteiger partial charge in [-0.3, -0.25) is 4.90 Å². The fourth-order valence-electron chi connectivity index (χ4n) is 3.32. The van der Waals surface area contributed by atoms with E-state index in [9.17, 15) is 0 Å². The van der Waals surface area contributed by atoms with Gasteiger partial charge in [-0.2, -0.15) is 0 Å². The lowest BCUT2D eigenvalue weighted by molar-refractivity contribution is 0.139. The Morgan fingerprint density at radius 3 is 2.80 bits per heavy atom. The van der Waals surface area contributed by atoms with E-state index in [-0.39, 0.29) is 0 Å². The first-order chi connectivity index (χ1) is 7.33. The molecule has 2 aliphatic rings. The lowest BCUT2D eigenvalue weighted by Gasteiger charge is -2.36. The molecule has 1 saturated carbocycles. The molecule has 1 saturated heterocycles. The third kappa shape index (κ3) is 2.73. The van der Waals surface area contributed by atoms with Crippen LogP contribution >= 0.6 is 0 Å². The normalized spacial score (nSPS) is 38.4. The molecular weight excluding hydrogens is 184 g/mol. The zero-order valence-corrected chi connectivity index (χ0v) is 10.3. The number of likely N-dealkylation sites (N-methyl/N-ethyl adjacent to an activating group) is 1. The molecule has 2 heteroatoms. The summed E-state index contributed by atoms with van der Waals surface area (Å²) in [6.07, 6.45) is 8.54. The van der Waals surface area contributed by atoms with Gasteiger partial charge in [0.05, 0.1) is 0 Å². The van der Waals surface area contributed by atoms with Crippen molar-refractivity contribution in [3.63, 3.8) is 0 Å². The fourth-order valence-corrected chi connectivity index (χ4v) is 3.32. The average Bonchev–Trinajstić information content (AvgIpc) is 2.78. The molecule has 1 aliphatic carbocycles. The average molecular weight is 210 g/mol. The van der Waals surface area contributed by atoms with Crippen LogP contribution in [0, 0.1) is 5.92 Å². The Morgan fingerprint density at radius 1 is 1.27 bits per heavy atom. The minimum Gasteiger partial charge on any atom is -0.316 e. The number of hydrogen-bond acceptors (Lipinski definition) is 2. The van der Waals surface area contributed by atoms with Crippen molar-refractivity contribution in [3.8, 4) is 0 Å². The minimum absolute atomic E-state index is 0.749. The first-order valence-corrected chi connectivity index (χ1v) is 6.74. The molecule has 88 valence electrons. The van der Waals surface area contributed by atoms with Crippen LogP contribution in [0.2, 0.25) is 0 Å². The molecule has 2 nitrogen and oxygen atoms in total. The van der Waals surface area contributed by atoms with Crippen LogP contribution in [0.1, 0.15) is 45.4 Å². The Hall–Kier alpha value is -0.0800. The number of rotatable bonds is 3. The predicted molar refractivity (Wildman–Crippen MR) is 65.1 cm³/mol. The maximum absolute atomic E-state index is 3.44. The highest BCUT2D eigenvalue weighted by molar-refractivity contribution is 4.87.